The lowest BCUT2D eigenvalue weighted by Gasteiger charge is -1.98. The summed E-state index contributed by atoms with van der Waals surface area (Å²) in [5.74, 6) is -0.559. The van der Waals surface area contributed by atoms with E-state index in [9.17, 15) is 4.39 Å². The van der Waals surface area contributed by atoms with Crippen LogP contribution in [0.3, 0.4) is 0 Å². The quantitative estimate of drug-likeness (QED) is 0.646. The highest BCUT2D eigenvalue weighted by atomic mass is 32.2. The lowest BCUT2D eigenvalue weighted by Crippen LogP contribution is -1.89. The molecule has 3 aromatic rings. The summed E-state index contributed by atoms with van der Waals surface area (Å²) in [6, 6.07) is 6.86. The third-order valence-corrected chi connectivity index (χ3v) is 2.98. The van der Waals surface area contributed by atoms with E-state index in [-0.39, 0.29) is 0 Å². The van der Waals surface area contributed by atoms with Gasteiger partial charge in [-0.25, -0.2) is 9.97 Å². The second kappa shape index (κ2) is 4.10. The fourth-order valence-electron chi connectivity index (χ4n) is 1.36. The molecule has 0 aliphatic rings. The third kappa shape index (κ3) is 1.96. The van der Waals surface area contributed by atoms with Crippen LogP contribution in [0.4, 0.5) is 4.39 Å². The Kier molecular flexibility index (Phi) is 2.45. The summed E-state index contributed by atoms with van der Waals surface area (Å²) in [7, 11) is 0. The van der Waals surface area contributed by atoms with E-state index in [4.69, 9.17) is 0 Å². The minimum Gasteiger partial charge on any atom is -0.277 e. The van der Waals surface area contributed by atoms with Crippen LogP contribution in [0.1, 0.15) is 0 Å². The Morgan fingerprint density at radius 1 is 1.18 bits per heavy atom. The molecule has 0 amide bonds. The van der Waals surface area contributed by atoms with E-state index in [2.05, 4.69) is 20.2 Å². The molecule has 3 rings (SSSR count). The first-order valence-electron chi connectivity index (χ1n) is 4.78. The topological polar surface area (TPSA) is 56.0 Å². The van der Waals surface area contributed by atoms with Crippen LogP contribution in [0.25, 0.3) is 5.65 Å². The summed E-state index contributed by atoms with van der Waals surface area (Å²) in [5, 5.41) is 9.14. The van der Waals surface area contributed by atoms with Crippen molar-refractivity contribution in [2.45, 2.75) is 10.2 Å². The molecule has 17 heavy (non-hydrogen) atoms. The van der Waals surface area contributed by atoms with Crippen molar-refractivity contribution in [1.82, 2.24) is 24.6 Å². The van der Waals surface area contributed by atoms with Crippen LogP contribution in [0.15, 0.2) is 47.0 Å². The summed E-state index contributed by atoms with van der Waals surface area (Å²) >= 11 is 1.24. The highest BCUT2D eigenvalue weighted by Crippen LogP contribution is 2.24. The van der Waals surface area contributed by atoms with Gasteiger partial charge in [-0.3, -0.25) is 4.40 Å². The van der Waals surface area contributed by atoms with Gasteiger partial charge in [0.25, 0.3) is 0 Å². The van der Waals surface area contributed by atoms with E-state index in [0.29, 0.717) is 10.2 Å². The summed E-state index contributed by atoms with van der Waals surface area (Å²) in [6.45, 7) is 0. The standard InChI is InChI=1S/C10H6FN5S/c11-7-5-9(13-6-12-7)17-10-15-14-8-3-1-2-4-16(8)10/h1-6H. The molecule has 0 aliphatic heterocycles. The first kappa shape index (κ1) is 10.2. The fourth-order valence-corrected chi connectivity index (χ4v) is 2.13. The molecular weight excluding hydrogens is 241 g/mol. The fraction of sp³-hybridized carbons (Fsp3) is 0. The maximum atomic E-state index is 12.9. The van der Waals surface area contributed by atoms with Gasteiger partial charge < -0.3 is 0 Å². The van der Waals surface area contributed by atoms with Crippen molar-refractivity contribution in [2.24, 2.45) is 0 Å². The Labute approximate surface area is 99.7 Å². The lowest BCUT2D eigenvalue weighted by atomic mass is 10.5. The van der Waals surface area contributed by atoms with Gasteiger partial charge in [0.1, 0.15) is 11.4 Å². The average molecular weight is 247 g/mol. The zero-order valence-corrected chi connectivity index (χ0v) is 9.30. The molecule has 0 aromatic carbocycles. The molecule has 0 unspecified atom stereocenters. The van der Waals surface area contributed by atoms with Gasteiger partial charge in [-0.15, -0.1) is 10.2 Å². The van der Waals surface area contributed by atoms with Gasteiger partial charge in [-0.2, -0.15) is 4.39 Å². The van der Waals surface area contributed by atoms with Gasteiger partial charge in [-0.1, -0.05) is 6.07 Å². The third-order valence-electron chi connectivity index (χ3n) is 2.09. The molecule has 0 saturated carbocycles. The molecule has 0 atom stereocenters. The highest BCUT2D eigenvalue weighted by Gasteiger charge is 2.08. The molecule has 5 nitrogen and oxygen atoms in total. The van der Waals surface area contributed by atoms with Gasteiger partial charge in [0.05, 0.1) is 0 Å². The first-order valence-corrected chi connectivity index (χ1v) is 5.60. The zero-order chi connectivity index (χ0) is 11.7. The van der Waals surface area contributed by atoms with Crippen LogP contribution >= 0.6 is 11.8 Å². The number of aromatic nitrogens is 5. The second-order valence-electron chi connectivity index (χ2n) is 3.19. The van der Waals surface area contributed by atoms with Gasteiger partial charge in [0, 0.05) is 12.3 Å². The molecule has 0 N–H and O–H groups in total. The first-order chi connectivity index (χ1) is 8.33. The molecule has 0 saturated heterocycles. The normalized spacial score (nSPS) is 10.9. The predicted molar refractivity (Wildman–Crippen MR) is 59.1 cm³/mol. The lowest BCUT2D eigenvalue weighted by molar-refractivity contribution is 0.572. The zero-order valence-electron chi connectivity index (χ0n) is 8.49. The van der Waals surface area contributed by atoms with Crippen LogP contribution in [-0.4, -0.2) is 24.6 Å². The molecular formula is C10H6FN5S. The van der Waals surface area contributed by atoms with E-state index < -0.39 is 5.95 Å². The Morgan fingerprint density at radius 3 is 3.00 bits per heavy atom. The van der Waals surface area contributed by atoms with E-state index >= 15 is 0 Å². The molecule has 0 fully saturated rings. The molecule has 84 valence electrons. The van der Waals surface area contributed by atoms with Crippen molar-refractivity contribution in [3.05, 3.63) is 42.7 Å². The van der Waals surface area contributed by atoms with Gasteiger partial charge in [0.15, 0.2) is 5.65 Å². The summed E-state index contributed by atoms with van der Waals surface area (Å²) in [6.07, 6.45) is 3.02. The predicted octanol–water partition coefficient (Wildman–Crippen LogP) is 1.81. The Balaban J connectivity index is 2.00. The molecule has 0 aliphatic carbocycles. The minimum absolute atomic E-state index is 0.496. The van der Waals surface area contributed by atoms with Crippen LogP contribution < -0.4 is 0 Å². The maximum absolute atomic E-state index is 12.9. The second-order valence-corrected chi connectivity index (χ2v) is 4.18. The van der Waals surface area contributed by atoms with Crippen LogP contribution in [-0.2, 0) is 0 Å². The van der Waals surface area contributed by atoms with Crippen molar-refractivity contribution in [3.63, 3.8) is 0 Å². The molecule has 3 aromatic heterocycles. The number of pyridine rings is 1. The Morgan fingerprint density at radius 2 is 2.12 bits per heavy atom. The Hall–Kier alpha value is -2.02. The summed E-state index contributed by atoms with van der Waals surface area (Å²) < 4.78 is 14.7. The van der Waals surface area contributed by atoms with Crippen molar-refractivity contribution in [1.29, 1.82) is 0 Å². The largest absolute Gasteiger partial charge is 0.277 e. The van der Waals surface area contributed by atoms with Crippen LogP contribution in [0, 0.1) is 5.95 Å². The number of halogens is 1. The van der Waals surface area contributed by atoms with Crippen molar-refractivity contribution >= 4 is 17.4 Å². The number of fused-ring (bicyclic) bond motifs is 1. The molecule has 3 heterocycles. The molecule has 0 spiro atoms. The smallest absolute Gasteiger partial charge is 0.217 e. The van der Waals surface area contributed by atoms with Crippen molar-refractivity contribution in [2.75, 3.05) is 0 Å². The van der Waals surface area contributed by atoms with Gasteiger partial charge >= 0.3 is 0 Å². The Bertz CT molecular complexity index is 668. The van der Waals surface area contributed by atoms with Crippen molar-refractivity contribution in [3.8, 4) is 0 Å². The number of rotatable bonds is 2. The monoisotopic (exact) mass is 247 g/mol. The van der Waals surface area contributed by atoms with Crippen molar-refractivity contribution < 1.29 is 4.39 Å². The summed E-state index contributed by atoms with van der Waals surface area (Å²) in [5.41, 5.74) is 0.740. The molecule has 0 bridgehead atoms. The van der Waals surface area contributed by atoms with E-state index in [1.54, 1.807) is 0 Å². The average Bonchev–Trinajstić information content (AvgIpc) is 2.73. The van der Waals surface area contributed by atoms with Gasteiger partial charge in [0.2, 0.25) is 11.1 Å². The molecule has 7 heteroatoms. The van der Waals surface area contributed by atoms with Gasteiger partial charge in [-0.05, 0) is 23.9 Å². The SMILES string of the molecule is Fc1cc(Sc2nnc3ccccn23)ncn1. The van der Waals surface area contributed by atoms with E-state index in [1.807, 2.05) is 28.8 Å². The maximum Gasteiger partial charge on any atom is 0.217 e. The summed E-state index contributed by atoms with van der Waals surface area (Å²) in [4.78, 5) is 7.35. The van der Waals surface area contributed by atoms with E-state index in [1.165, 1.54) is 24.2 Å². The van der Waals surface area contributed by atoms with E-state index in [0.717, 1.165) is 5.65 Å². The number of nitrogens with zero attached hydrogens (tertiary/aromatic N) is 5. The van der Waals surface area contributed by atoms with Crippen LogP contribution in [0.5, 0.6) is 0 Å². The van der Waals surface area contributed by atoms with Crippen LogP contribution in [0.2, 0.25) is 0 Å². The number of hydrogen-bond donors (Lipinski definition) is 0. The number of hydrogen-bond acceptors (Lipinski definition) is 5. The molecule has 0 radical (unpaired) electrons. The minimum atomic E-state index is -0.559. The highest BCUT2D eigenvalue weighted by molar-refractivity contribution is 7.99.